The first-order valence-corrected chi connectivity index (χ1v) is 11.9. The lowest BCUT2D eigenvalue weighted by molar-refractivity contribution is -0.146. The maximum atomic E-state index is 13.6. The average molecular weight is 441 g/mol. The quantitative estimate of drug-likeness (QED) is 0.513. The Bertz CT molecular complexity index is 869. The summed E-state index contributed by atoms with van der Waals surface area (Å²) in [5.41, 5.74) is 0.770. The maximum Gasteiger partial charge on any atom is 0.337 e. The third-order valence-corrected chi connectivity index (χ3v) is 7.18. The predicted molar refractivity (Wildman–Crippen MR) is 119 cm³/mol. The second-order valence-electron chi connectivity index (χ2n) is 9.20. The molecule has 0 bridgehead atoms. The molecular weight excluding hydrogens is 408 g/mol. The first-order valence-electron chi connectivity index (χ1n) is 11.9. The van der Waals surface area contributed by atoms with E-state index in [1.54, 1.807) is 29.2 Å². The van der Waals surface area contributed by atoms with E-state index in [2.05, 4.69) is 0 Å². The summed E-state index contributed by atoms with van der Waals surface area (Å²) in [5, 5.41) is 0. The molecule has 32 heavy (non-hydrogen) atoms. The van der Waals surface area contributed by atoms with Gasteiger partial charge < -0.3 is 9.64 Å². The van der Waals surface area contributed by atoms with Crippen molar-refractivity contribution in [3.8, 4) is 0 Å². The molecule has 2 saturated carbocycles. The lowest BCUT2D eigenvalue weighted by atomic mass is 9.86. The summed E-state index contributed by atoms with van der Waals surface area (Å²) in [6, 6.07) is 5.54. The molecule has 3 fully saturated rings. The molecule has 1 atom stereocenters. The van der Waals surface area contributed by atoms with Crippen LogP contribution in [0.4, 0.5) is 5.69 Å². The van der Waals surface area contributed by atoms with E-state index < -0.39 is 12.0 Å². The minimum atomic E-state index is -0.736. The molecule has 1 aliphatic heterocycles. The highest BCUT2D eigenvalue weighted by atomic mass is 16.5. The Morgan fingerprint density at radius 2 is 1.50 bits per heavy atom. The van der Waals surface area contributed by atoms with Gasteiger partial charge in [-0.3, -0.25) is 14.4 Å². The molecule has 3 amide bonds. The SMILES string of the molecule is COC(=O)c1ccc(N2C(=O)CC(N(C(=O)C3CCCCC3)C3CCCCC3)C2=O)cc1. The fraction of sp³-hybridized carbons (Fsp3) is 0.600. The van der Waals surface area contributed by atoms with Gasteiger partial charge in [-0.2, -0.15) is 0 Å². The number of methoxy groups -OCH3 is 1. The van der Waals surface area contributed by atoms with Crippen molar-refractivity contribution in [3.05, 3.63) is 29.8 Å². The Balaban J connectivity index is 1.59. The summed E-state index contributed by atoms with van der Waals surface area (Å²) >= 11 is 0. The summed E-state index contributed by atoms with van der Waals surface area (Å²) in [5.74, 6) is -1.10. The van der Waals surface area contributed by atoms with Crippen LogP contribution in [0, 0.1) is 5.92 Å². The molecule has 1 aromatic carbocycles. The zero-order chi connectivity index (χ0) is 22.7. The van der Waals surface area contributed by atoms with Crippen molar-refractivity contribution in [2.75, 3.05) is 12.0 Å². The van der Waals surface area contributed by atoms with E-state index in [0.29, 0.717) is 11.3 Å². The number of carbonyl (C=O) groups excluding carboxylic acids is 4. The summed E-state index contributed by atoms with van der Waals surface area (Å²) in [6.45, 7) is 0. The first kappa shape index (κ1) is 22.5. The molecule has 4 rings (SSSR count). The van der Waals surface area contributed by atoms with Gasteiger partial charge in [-0.1, -0.05) is 38.5 Å². The van der Waals surface area contributed by atoms with Crippen LogP contribution in [-0.4, -0.2) is 47.8 Å². The molecule has 7 nitrogen and oxygen atoms in total. The molecular formula is C25H32N2O5. The van der Waals surface area contributed by atoms with Crippen molar-refractivity contribution in [2.45, 2.75) is 82.7 Å². The molecule has 7 heteroatoms. The molecule has 2 aliphatic carbocycles. The number of anilines is 1. The molecule has 0 N–H and O–H groups in total. The fourth-order valence-electron chi connectivity index (χ4n) is 5.48. The van der Waals surface area contributed by atoms with Crippen LogP contribution in [0.5, 0.6) is 0 Å². The van der Waals surface area contributed by atoms with Crippen LogP contribution in [0.15, 0.2) is 24.3 Å². The number of hydrogen-bond acceptors (Lipinski definition) is 5. The van der Waals surface area contributed by atoms with E-state index in [4.69, 9.17) is 4.74 Å². The summed E-state index contributed by atoms with van der Waals surface area (Å²) in [4.78, 5) is 54.7. The lowest BCUT2D eigenvalue weighted by Crippen LogP contribution is -2.53. The number of benzene rings is 1. The molecule has 1 aromatic rings. The zero-order valence-electron chi connectivity index (χ0n) is 18.8. The van der Waals surface area contributed by atoms with Gasteiger partial charge in [0.1, 0.15) is 6.04 Å². The summed E-state index contributed by atoms with van der Waals surface area (Å²) < 4.78 is 4.71. The van der Waals surface area contributed by atoms with Crippen LogP contribution in [-0.2, 0) is 19.1 Å². The van der Waals surface area contributed by atoms with E-state index in [1.807, 2.05) is 0 Å². The topological polar surface area (TPSA) is 84.0 Å². The summed E-state index contributed by atoms with van der Waals surface area (Å²) in [6.07, 6.45) is 10.0. The van der Waals surface area contributed by atoms with Gasteiger partial charge in [0.25, 0.3) is 5.91 Å². The van der Waals surface area contributed by atoms with Crippen LogP contribution in [0.3, 0.4) is 0 Å². The predicted octanol–water partition coefficient (Wildman–Crippen LogP) is 3.85. The molecule has 0 radical (unpaired) electrons. The highest BCUT2D eigenvalue weighted by Crippen LogP contribution is 2.34. The van der Waals surface area contributed by atoms with Gasteiger partial charge in [-0.05, 0) is 49.9 Å². The van der Waals surface area contributed by atoms with Gasteiger partial charge in [-0.15, -0.1) is 0 Å². The third-order valence-electron chi connectivity index (χ3n) is 7.18. The second kappa shape index (κ2) is 9.84. The first-order chi connectivity index (χ1) is 15.5. The van der Waals surface area contributed by atoms with Gasteiger partial charge in [-0.25, -0.2) is 9.69 Å². The number of esters is 1. The number of imide groups is 1. The number of rotatable bonds is 5. The Hall–Kier alpha value is -2.70. The van der Waals surface area contributed by atoms with Crippen LogP contribution >= 0.6 is 0 Å². The van der Waals surface area contributed by atoms with E-state index in [-0.39, 0.29) is 36.1 Å². The molecule has 1 unspecified atom stereocenters. The molecule has 1 saturated heterocycles. The third kappa shape index (κ3) is 4.43. The standard InChI is InChI=1S/C25H32N2O5/c1-32-25(31)18-12-14-20(15-13-18)27-22(28)16-21(24(27)30)26(19-10-6-3-7-11-19)23(29)17-8-4-2-5-9-17/h12-15,17,19,21H,2-11,16H2,1H3. The smallest absolute Gasteiger partial charge is 0.337 e. The van der Waals surface area contributed by atoms with Crippen LogP contribution < -0.4 is 4.90 Å². The van der Waals surface area contributed by atoms with Crippen molar-refractivity contribution in [2.24, 2.45) is 5.92 Å². The van der Waals surface area contributed by atoms with Crippen molar-refractivity contribution >= 4 is 29.4 Å². The van der Waals surface area contributed by atoms with E-state index in [9.17, 15) is 19.2 Å². The second-order valence-corrected chi connectivity index (χ2v) is 9.20. The highest BCUT2D eigenvalue weighted by Gasteiger charge is 2.47. The van der Waals surface area contributed by atoms with Crippen LogP contribution in [0.2, 0.25) is 0 Å². The minimum Gasteiger partial charge on any atom is -0.465 e. The molecule has 1 heterocycles. The number of hydrogen-bond donors (Lipinski definition) is 0. The Labute approximate surface area is 189 Å². The van der Waals surface area contributed by atoms with Gasteiger partial charge in [0.15, 0.2) is 0 Å². The number of carbonyl (C=O) groups is 4. The van der Waals surface area contributed by atoms with Crippen molar-refractivity contribution < 1.29 is 23.9 Å². The number of nitrogens with zero attached hydrogens (tertiary/aromatic N) is 2. The Kier molecular flexibility index (Phi) is 6.92. The maximum absolute atomic E-state index is 13.6. The normalized spacial score (nSPS) is 22.8. The Morgan fingerprint density at radius 3 is 2.09 bits per heavy atom. The molecule has 3 aliphatic rings. The van der Waals surface area contributed by atoms with Crippen LogP contribution in [0.1, 0.15) is 81.0 Å². The van der Waals surface area contributed by atoms with Crippen molar-refractivity contribution in [3.63, 3.8) is 0 Å². The van der Waals surface area contributed by atoms with Gasteiger partial charge in [0.2, 0.25) is 11.8 Å². The zero-order valence-corrected chi connectivity index (χ0v) is 18.8. The van der Waals surface area contributed by atoms with Crippen molar-refractivity contribution in [1.29, 1.82) is 0 Å². The monoisotopic (exact) mass is 440 g/mol. The molecule has 0 aromatic heterocycles. The largest absolute Gasteiger partial charge is 0.465 e. The van der Waals surface area contributed by atoms with E-state index in [0.717, 1.165) is 64.2 Å². The van der Waals surface area contributed by atoms with Gasteiger partial charge in [0, 0.05) is 12.0 Å². The van der Waals surface area contributed by atoms with Crippen molar-refractivity contribution in [1.82, 2.24) is 4.90 Å². The number of ether oxygens (including phenoxy) is 1. The lowest BCUT2D eigenvalue weighted by Gasteiger charge is -2.40. The fourth-order valence-corrected chi connectivity index (χ4v) is 5.48. The van der Waals surface area contributed by atoms with E-state index in [1.165, 1.54) is 12.0 Å². The molecule has 172 valence electrons. The Morgan fingerprint density at radius 1 is 0.906 bits per heavy atom. The van der Waals surface area contributed by atoms with E-state index >= 15 is 0 Å². The van der Waals surface area contributed by atoms with Gasteiger partial charge >= 0.3 is 5.97 Å². The molecule has 0 spiro atoms. The minimum absolute atomic E-state index is 0.0204. The average Bonchev–Trinajstić information content (AvgIpc) is 3.13. The van der Waals surface area contributed by atoms with Gasteiger partial charge in [0.05, 0.1) is 24.8 Å². The summed E-state index contributed by atoms with van der Waals surface area (Å²) in [7, 11) is 1.30. The van der Waals surface area contributed by atoms with Crippen LogP contribution in [0.25, 0.3) is 0 Å². The highest BCUT2D eigenvalue weighted by molar-refractivity contribution is 6.23. The number of amides is 3.